The Hall–Kier alpha value is -1.17. The van der Waals surface area contributed by atoms with Crippen LogP contribution < -0.4 is 10.6 Å². The average Bonchev–Trinajstić information content (AvgIpc) is 2.48. The summed E-state index contributed by atoms with van der Waals surface area (Å²) in [5.74, 6) is -0.135. The van der Waals surface area contributed by atoms with E-state index in [1.165, 1.54) is 0 Å². The number of anilines is 1. The smallest absolute Gasteiger partial charge is 0.256 e. The van der Waals surface area contributed by atoms with Gasteiger partial charge in [0.15, 0.2) is 0 Å². The molecule has 0 fully saturated rings. The molecule has 21 heavy (non-hydrogen) atoms. The van der Waals surface area contributed by atoms with Gasteiger partial charge in [0.2, 0.25) is 0 Å². The lowest BCUT2D eigenvalue weighted by atomic mass is 10.1. The third-order valence-corrected chi connectivity index (χ3v) is 4.12. The van der Waals surface area contributed by atoms with Gasteiger partial charge in [-0.05, 0) is 58.4 Å². The van der Waals surface area contributed by atoms with Gasteiger partial charge in [0.05, 0.1) is 5.56 Å². The van der Waals surface area contributed by atoms with Crippen LogP contribution in [0.1, 0.15) is 22.8 Å². The number of amides is 1. The molecule has 3 nitrogen and oxygen atoms in total. The van der Waals surface area contributed by atoms with E-state index in [-0.39, 0.29) is 5.91 Å². The van der Waals surface area contributed by atoms with Gasteiger partial charge in [-0.3, -0.25) is 4.79 Å². The molecule has 0 aromatic heterocycles. The van der Waals surface area contributed by atoms with Crippen LogP contribution in [0.3, 0.4) is 0 Å². The van der Waals surface area contributed by atoms with E-state index in [4.69, 9.17) is 0 Å². The van der Waals surface area contributed by atoms with E-state index in [9.17, 15) is 4.79 Å². The van der Waals surface area contributed by atoms with Crippen LogP contribution in [0.5, 0.6) is 0 Å². The molecule has 0 saturated heterocycles. The highest BCUT2D eigenvalue weighted by molar-refractivity contribution is 9.11. The Balaban J connectivity index is 2.14. The zero-order valence-corrected chi connectivity index (χ0v) is 14.8. The van der Waals surface area contributed by atoms with Crippen LogP contribution in [0.2, 0.25) is 0 Å². The third kappa shape index (κ3) is 4.66. The predicted molar refractivity (Wildman–Crippen MR) is 93.6 cm³/mol. The number of hydrogen-bond acceptors (Lipinski definition) is 2. The molecule has 0 unspecified atom stereocenters. The third-order valence-electron chi connectivity index (χ3n) is 2.94. The summed E-state index contributed by atoms with van der Waals surface area (Å²) < 4.78 is 1.64. The van der Waals surface area contributed by atoms with Gasteiger partial charge in [0.25, 0.3) is 5.91 Å². The molecule has 0 aliphatic carbocycles. The van der Waals surface area contributed by atoms with Crippen molar-refractivity contribution in [2.45, 2.75) is 13.5 Å². The van der Waals surface area contributed by atoms with E-state index >= 15 is 0 Å². The maximum Gasteiger partial charge on any atom is 0.256 e. The molecule has 0 aliphatic rings. The van der Waals surface area contributed by atoms with Gasteiger partial charge in [0.1, 0.15) is 0 Å². The van der Waals surface area contributed by atoms with Crippen molar-refractivity contribution in [3.8, 4) is 0 Å². The first-order valence-electron chi connectivity index (χ1n) is 6.66. The van der Waals surface area contributed by atoms with Gasteiger partial charge in [-0.2, -0.15) is 0 Å². The van der Waals surface area contributed by atoms with Crippen molar-refractivity contribution >= 4 is 43.5 Å². The van der Waals surface area contributed by atoms with Crippen molar-refractivity contribution in [2.24, 2.45) is 0 Å². The number of carbonyl (C=O) groups is 1. The molecule has 2 N–H and O–H groups in total. The number of hydrogen-bond donors (Lipinski definition) is 2. The van der Waals surface area contributed by atoms with Gasteiger partial charge >= 0.3 is 0 Å². The fourth-order valence-corrected chi connectivity index (χ4v) is 2.69. The fourth-order valence-electron chi connectivity index (χ4n) is 1.90. The van der Waals surface area contributed by atoms with Crippen molar-refractivity contribution < 1.29 is 4.79 Å². The summed E-state index contributed by atoms with van der Waals surface area (Å²) in [6.07, 6.45) is 0. The molecule has 2 aromatic rings. The Bertz CT molecular complexity index is 644. The molecule has 110 valence electrons. The van der Waals surface area contributed by atoms with E-state index in [2.05, 4.69) is 49.4 Å². The summed E-state index contributed by atoms with van der Waals surface area (Å²) in [4.78, 5) is 12.3. The Morgan fingerprint density at radius 1 is 1.14 bits per heavy atom. The molecule has 0 radical (unpaired) electrons. The number of nitrogens with one attached hydrogen (secondary N) is 2. The summed E-state index contributed by atoms with van der Waals surface area (Å²) in [6.45, 7) is 3.78. The minimum absolute atomic E-state index is 0.135. The van der Waals surface area contributed by atoms with Crippen molar-refractivity contribution in [3.63, 3.8) is 0 Å². The van der Waals surface area contributed by atoms with Crippen LogP contribution >= 0.6 is 31.9 Å². The zero-order chi connectivity index (χ0) is 15.2. The van der Waals surface area contributed by atoms with Crippen molar-refractivity contribution in [3.05, 3.63) is 62.5 Å². The Morgan fingerprint density at radius 2 is 1.95 bits per heavy atom. The highest BCUT2D eigenvalue weighted by atomic mass is 79.9. The number of carbonyl (C=O) groups excluding carboxylic acids is 1. The molecule has 2 rings (SSSR count). The van der Waals surface area contributed by atoms with Crippen molar-refractivity contribution in [2.75, 3.05) is 11.9 Å². The molecule has 0 atom stereocenters. The van der Waals surface area contributed by atoms with Crippen LogP contribution in [0.4, 0.5) is 5.69 Å². The van der Waals surface area contributed by atoms with Gasteiger partial charge in [-0.1, -0.05) is 35.0 Å². The zero-order valence-electron chi connectivity index (χ0n) is 11.6. The van der Waals surface area contributed by atoms with Crippen LogP contribution in [0.25, 0.3) is 0 Å². The second-order valence-electron chi connectivity index (χ2n) is 4.56. The highest BCUT2D eigenvalue weighted by Gasteiger charge is 2.11. The molecule has 0 spiro atoms. The molecular formula is C16H16Br2N2O. The monoisotopic (exact) mass is 410 g/mol. The highest BCUT2D eigenvalue weighted by Crippen LogP contribution is 2.23. The van der Waals surface area contributed by atoms with E-state index < -0.39 is 0 Å². The lowest BCUT2D eigenvalue weighted by molar-refractivity contribution is 0.102. The van der Waals surface area contributed by atoms with E-state index in [1.807, 2.05) is 36.4 Å². The lowest BCUT2D eigenvalue weighted by Gasteiger charge is -2.09. The van der Waals surface area contributed by atoms with Crippen molar-refractivity contribution in [1.82, 2.24) is 5.32 Å². The van der Waals surface area contributed by atoms with Crippen LogP contribution in [0.15, 0.2) is 51.4 Å². The largest absolute Gasteiger partial charge is 0.322 e. The van der Waals surface area contributed by atoms with Gasteiger partial charge in [-0.25, -0.2) is 0 Å². The van der Waals surface area contributed by atoms with E-state index in [0.29, 0.717) is 5.56 Å². The van der Waals surface area contributed by atoms with Crippen LogP contribution in [-0.2, 0) is 6.54 Å². The molecular weight excluding hydrogens is 396 g/mol. The number of benzene rings is 2. The molecule has 0 bridgehead atoms. The maximum atomic E-state index is 12.3. The minimum Gasteiger partial charge on any atom is -0.322 e. The summed E-state index contributed by atoms with van der Waals surface area (Å²) in [5, 5.41) is 6.19. The van der Waals surface area contributed by atoms with Crippen LogP contribution in [0, 0.1) is 0 Å². The predicted octanol–water partition coefficient (Wildman–Crippen LogP) is 4.57. The van der Waals surface area contributed by atoms with E-state index in [0.717, 1.165) is 33.3 Å². The Morgan fingerprint density at radius 3 is 2.71 bits per heavy atom. The second-order valence-corrected chi connectivity index (χ2v) is 6.33. The van der Waals surface area contributed by atoms with Gasteiger partial charge < -0.3 is 10.6 Å². The summed E-state index contributed by atoms with van der Waals surface area (Å²) in [7, 11) is 0. The molecule has 1 amide bonds. The van der Waals surface area contributed by atoms with E-state index in [1.54, 1.807) is 6.07 Å². The normalized spacial score (nSPS) is 10.4. The molecule has 0 saturated carbocycles. The minimum atomic E-state index is -0.135. The second kappa shape index (κ2) is 7.73. The fraction of sp³-hybridized carbons (Fsp3) is 0.188. The van der Waals surface area contributed by atoms with Crippen molar-refractivity contribution in [1.29, 1.82) is 0 Å². The first-order valence-corrected chi connectivity index (χ1v) is 8.25. The van der Waals surface area contributed by atoms with Gasteiger partial charge in [0, 0.05) is 21.2 Å². The standard InChI is InChI=1S/C16H16Br2N2O/c1-2-19-10-11-4-3-5-13(8-11)20-16(21)14-9-12(17)6-7-15(14)18/h3-9,19H,2,10H2,1H3,(H,20,21). The van der Waals surface area contributed by atoms with Gasteiger partial charge in [-0.15, -0.1) is 0 Å². The average molecular weight is 412 g/mol. The number of rotatable bonds is 5. The molecule has 5 heteroatoms. The Kier molecular flexibility index (Phi) is 5.96. The molecule has 0 aliphatic heterocycles. The first kappa shape index (κ1) is 16.2. The lowest BCUT2D eigenvalue weighted by Crippen LogP contribution is -2.14. The SMILES string of the molecule is CCNCc1cccc(NC(=O)c2cc(Br)ccc2Br)c1. The maximum absolute atomic E-state index is 12.3. The molecule has 0 heterocycles. The summed E-state index contributed by atoms with van der Waals surface area (Å²) in [5.41, 5.74) is 2.53. The number of halogens is 2. The molecule has 2 aromatic carbocycles. The quantitative estimate of drug-likeness (QED) is 0.756. The van der Waals surface area contributed by atoms with Crippen LogP contribution in [-0.4, -0.2) is 12.5 Å². The summed E-state index contributed by atoms with van der Waals surface area (Å²) >= 11 is 6.78. The first-order chi connectivity index (χ1) is 10.1. The Labute approximate surface area is 141 Å². The summed E-state index contributed by atoms with van der Waals surface area (Å²) in [6, 6.07) is 13.4. The topological polar surface area (TPSA) is 41.1 Å².